The third-order valence-electron chi connectivity index (χ3n) is 5.34. The molecule has 160 valence electrons. The highest BCUT2D eigenvalue weighted by Crippen LogP contribution is 2.28. The van der Waals surface area contributed by atoms with E-state index in [0.29, 0.717) is 23.1 Å². The molecular weight excluding hydrogens is 404 g/mol. The molecule has 0 aliphatic carbocycles. The number of hydrogen-bond donors (Lipinski definition) is 2. The first-order chi connectivity index (χ1) is 15.5. The molecule has 0 aliphatic heterocycles. The van der Waals surface area contributed by atoms with Crippen LogP contribution >= 0.6 is 0 Å². The summed E-state index contributed by atoms with van der Waals surface area (Å²) in [5.41, 5.74) is 5.03. The summed E-state index contributed by atoms with van der Waals surface area (Å²) in [5.74, 6) is 1.05. The summed E-state index contributed by atoms with van der Waals surface area (Å²) >= 11 is 0. The van der Waals surface area contributed by atoms with E-state index in [1.165, 1.54) is 6.20 Å². The summed E-state index contributed by atoms with van der Waals surface area (Å²) in [7, 11) is 0. The molecule has 3 heterocycles. The predicted octanol–water partition coefficient (Wildman–Crippen LogP) is 4.83. The fraction of sp³-hybridized carbons (Fsp3) is 0.167. The van der Waals surface area contributed by atoms with Gasteiger partial charge in [0.05, 0.1) is 29.4 Å². The van der Waals surface area contributed by atoms with Crippen LogP contribution in [0.1, 0.15) is 28.4 Å². The maximum absolute atomic E-state index is 12.6. The number of nitrogens with zero attached hydrogens (tertiary/aromatic N) is 4. The van der Waals surface area contributed by atoms with Crippen LogP contribution in [-0.2, 0) is 4.74 Å². The van der Waals surface area contributed by atoms with Crippen molar-refractivity contribution in [2.24, 2.45) is 0 Å². The van der Waals surface area contributed by atoms with Crippen LogP contribution in [0.4, 0.5) is 11.8 Å². The molecule has 0 aliphatic rings. The summed E-state index contributed by atoms with van der Waals surface area (Å²) < 4.78 is 6.85. The van der Waals surface area contributed by atoms with Crippen molar-refractivity contribution in [1.29, 1.82) is 0 Å². The number of aryl methyl sites for hydroxylation is 2. The van der Waals surface area contributed by atoms with Crippen molar-refractivity contribution in [2.45, 2.75) is 20.8 Å². The number of benzene rings is 2. The Morgan fingerprint density at radius 2 is 1.94 bits per heavy atom. The van der Waals surface area contributed by atoms with E-state index in [1.807, 2.05) is 56.3 Å². The second-order valence-electron chi connectivity index (χ2n) is 7.54. The number of carbonyl (C=O) groups excluding carboxylic acids is 1. The number of anilines is 2. The fourth-order valence-electron chi connectivity index (χ4n) is 3.78. The smallest absolute Gasteiger partial charge is 0.343 e. The summed E-state index contributed by atoms with van der Waals surface area (Å²) in [6, 6.07) is 15.8. The van der Waals surface area contributed by atoms with E-state index in [0.717, 1.165) is 33.1 Å². The molecule has 32 heavy (non-hydrogen) atoms. The van der Waals surface area contributed by atoms with Crippen molar-refractivity contribution in [2.75, 3.05) is 11.9 Å². The van der Waals surface area contributed by atoms with Gasteiger partial charge >= 0.3 is 5.97 Å². The topological polar surface area (TPSA) is 97.7 Å². The number of aromatic nitrogens is 5. The molecule has 0 saturated carbocycles. The van der Waals surface area contributed by atoms with Gasteiger partial charge in [-0.1, -0.05) is 30.3 Å². The van der Waals surface area contributed by atoms with Crippen molar-refractivity contribution in [1.82, 2.24) is 24.7 Å². The van der Waals surface area contributed by atoms with Gasteiger partial charge in [0.1, 0.15) is 5.56 Å². The van der Waals surface area contributed by atoms with Gasteiger partial charge in [0.2, 0.25) is 5.95 Å². The third-order valence-corrected chi connectivity index (χ3v) is 5.34. The molecule has 2 aromatic carbocycles. The van der Waals surface area contributed by atoms with Crippen LogP contribution < -0.4 is 5.32 Å². The molecule has 8 nitrogen and oxygen atoms in total. The second-order valence-corrected chi connectivity index (χ2v) is 7.54. The van der Waals surface area contributed by atoms with Crippen molar-refractivity contribution in [3.63, 3.8) is 0 Å². The quantitative estimate of drug-likeness (QED) is 0.391. The molecule has 0 radical (unpaired) electrons. The van der Waals surface area contributed by atoms with Crippen LogP contribution in [0.25, 0.3) is 27.8 Å². The summed E-state index contributed by atoms with van der Waals surface area (Å²) in [6.07, 6.45) is 1.49. The van der Waals surface area contributed by atoms with E-state index in [4.69, 9.17) is 9.72 Å². The Morgan fingerprint density at radius 1 is 1.09 bits per heavy atom. The lowest BCUT2D eigenvalue weighted by molar-refractivity contribution is 0.0527. The highest BCUT2D eigenvalue weighted by atomic mass is 16.5. The maximum atomic E-state index is 12.6. The molecule has 0 amide bonds. The number of hydrogen-bond acceptors (Lipinski definition) is 6. The largest absolute Gasteiger partial charge is 0.462 e. The number of aromatic amines is 1. The van der Waals surface area contributed by atoms with Gasteiger partial charge in [-0.3, -0.25) is 0 Å². The number of ether oxygens (including phenoxy) is 1. The summed E-state index contributed by atoms with van der Waals surface area (Å²) in [5, 5.41) is 8.77. The number of esters is 1. The van der Waals surface area contributed by atoms with Gasteiger partial charge in [0.15, 0.2) is 11.6 Å². The number of rotatable bonds is 5. The number of imidazole rings is 1. The highest BCUT2D eigenvalue weighted by molar-refractivity contribution is 5.96. The molecule has 5 rings (SSSR count). The zero-order valence-corrected chi connectivity index (χ0v) is 18.0. The lowest BCUT2D eigenvalue weighted by atomic mass is 10.1. The molecule has 0 unspecified atom stereocenters. The number of pyridine rings is 1. The minimum Gasteiger partial charge on any atom is -0.462 e. The third kappa shape index (κ3) is 3.35. The zero-order valence-electron chi connectivity index (χ0n) is 18.0. The van der Waals surface area contributed by atoms with Crippen molar-refractivity contribution >= 4 is 39.7 Å². The van der Waals surface area contributed by atoms with Gasteiger partial charge in [-0.25, -0.2) is 14.8 Å². The van der Waals surface area contributed by atoms with E-state index in [9.17, 15) is 4.79 Å². The molecule has 0 spiro atoms. The monoisotopic (exact) mass is 426 g/mol. The normalized spacial score (nSPS) is 11.2. The molecular formula is C24H22N6O2. The molecule has 0 saturated heterocycles. The standard InChI is InChI=1S/C24H22N6O2/c1-4-32-23(31)17-13-25-30(20-12-15(3)16-9-7-8-14(2)21(16)28-20)22(17)29-24-26-18-10-5-6-11-19(18)27-24/h5-13H,4H2,1-3H3,(H2,26,27,29). The fourth-order valence-corrected chi connectivity index (χ4v) is 3.78. The first-order valence-corrected chi connectivity index (χ1v) is 10.4. The van der Waals surface area contributed by atoms with Crippen LogP contribution in [0.15, 0.2) is 54.7 Å². The molecule has 3 aromatic heterocycles. The molecule has 5 aromatic rings. The van der Waals surface area contributed by atoms with Gasteiger partial charge in [0, 0.05) is 5.39 Å². The van der Waals surface area contributed by atoms with Crippen LogP contribution in [0.5, 0.6) is 0 Å². The van der Waals surface area contributed by atoms with Crippen LogP contribution in [0, 0.1) is 13.8 Å². The van der Waals surface area contributed by atoms with Gasteiger partial charge in [-0.05, 0) is 50.1 Å². The van der Waals surface area contributed by atoms with Gasteiger partial charge in [0.25, 0.3) is 0 Å². The van der Waals surface area contributed by atoms with E-state index >= 15 is 0 Å². The lowest BCUT2D eigenvalue weighted by Gasteiger charge is -2.12. The molecule has 8 heteroatoms. The van der Waals surface area contributed by atoms with Crippen molar-refractivity contribution in [3.8, 4) is 5.82 Å². The number of para-hydroxylation sites is 3. The van der Waals surface area contributed by atoms with Crippen LogP contribution in [0.3, 0.4) is 0 Å². The van der Waals surface area contributed by atoms with Crippen LogP contribution in [0.2, 0.25) is 0 Å². The summed E-state index contributed by atoms with van der Waals surface area (Å²) in [6.45, 7) is 6.10. The van der Waals surface area contributed by atoms with Crippen molar-refractivity contribution in [3.05, 3.63) is 71.4 Å². The number of fused-ring (bicyclic) bond motifs is 2. The minimum absolute atomic E-state index is 0.265. The first kappa shape index (κ1) is 19.7. The Hall–Kier alpha value is -4.20. The summed E-state index contributed by atoms with van der Waals surface area (Å²) in [4.78, 5) is 25.3. The Morgan fingerprint density at radius 3 is 2.75 bits per heavy atom. The van der Waals surface area contributed by atoms with E-state index < -0.39 is 5.97 Å². The molecule has 0 fully saturated rings. The van der Waals surface area contributed by atoms with E-state index in [2.05, 4.69) is 26.4 Å². The number of nitrogens with one attached hydrogen (secondary N) is 2. The maximum Gasteiger partial charge on any atom is 0.343 e. The SMILES string of the molecule is CCOC(=O)c1cnn(-c2cc(C)c3cccc(C)c3n2)c1Nc1nc2ccccc2[nH]1. The van der Waals surface area contributed by atoms with E-state index in [-0.39, 0.29) is 6.61 Å². The average Bonchev–Trinajstić information content (AvgIpc) is 3.38. The predicted molar refractivity (Wildman–Crippen MR) is 124 cm³/mol. The van der Waals surface area contributed by atoms with Crippen molar-refractivity contribution < 1.29 is 9.53 Å². The zero-order chi connectivity index (χ0) is 22.2. The Balaban J connectivity index is 1.66. The molecule has 2 N–H and O–H groups in total. The Labute approximate surface area is 184 Å². The lowest BCUT2D eigenvalue weighted by Crippen LogP contribution is -2.11. The molecule has 0 bridgehead atoms. The molecule has 0 atom stereocenters. The minimum atomic E-state index is -0.467. The van der Waals surface area contributed by atoms with Crippen LogP contribution in [-0.4, -0.2) is 37.3 Å². The second kappa shape index (κ2) is 7.81. The number of H-pyrrole nitrogens is 1. The van der Waals surface area contributed by atoms with Gasteiger partial charge in [-0.15, -0.1) is 0 Å². The van der Waals surface area contributed by atoms with Gasteiger partial charge < -0.3 is 15.0 Å². The number of carbonyl (C=O) groups is 1. The Bertz CT molecular complexity index is 1430. The average molecular weight is 426 g/mol. The van der Waals surface area contributed by atoms with Gasteiger partial charge in [-0.2, -0.15) is 9.78 Å². The first-order valence-electron chi connectivity index (χ1n) is 10.4. The Kier molecular flexibility index (Phi) is 4.82. The highest BCUT2D eigenvalue weighted by Gasteiger charge is 2.22. The van der Waals surface area contributed by atoms with E-state index in [1.54, 1.807) is 11.6 Å².